The minimum Gasteiger partial charge on any atom is -0.493 e. The second kappa shape index (κ2) is 9.97. The molecule has 4 heteroatoms. The van der Waals surface area contributed by atoms with Gasteiger partial charge in [-0.3, -0.25) is 9.59 Å². The van der Waals surface area contributed by atoms with Crippen molar-refractivity contribution in [1.82, 2.24) is 0 Å². The quantitative estimate of drug-likeness (QED) is 0.493. The Bertz CT molecular complexity index is 454. The summed E-state index contributed by atoms with van der Waals surface area (Å²) in [5.74, 6) is -0.583. The molecule has 0 aliphatic rings. The van der Waals surface area contributed by atoms with Gasteiger partial charge in [0, 0.05) is 6.42 Å². The molecule has 0 saturated carbocycles. The van der Waals surface area contributed by atoms with E-state index in [2.05, 4.69) is 6.92 Å². The summed E-state index contributed by atoms with van der Waals surface area (Å²) in [6.07, 6.45) is 5.61. The van der Waals surface area contributed by atoms with Crippen molar-refractivity contribution in [3.8, 4) is 5.75 Å². The standard InChI is InChI=1S/C17H24O4/c1-2-3-4-5-8-13-21-16-10-7-6-9-14(16)15(18)11-12-17(19)20/h6-7,9-10H,2-5,8,11-13H2,1H3,(H,19,20). The normalized spacial score (nSPS) is 10.3. The molecule has 0 bridgehead atoms. The van der Waals surface area contributed by atoms with Gasteiger partial charge in [0.15, 0.2) is 5.78 Å². The van der Waals surface area contributed by atoms with Crippen LogP contribution >= 0.6 is 0 Å². The van der Waals surface area contributed by atoms with Crippen molar-refractivity contribution in [3.05, 3.63) is 29.8 Å². The molecule has 0 aromatic heterocycles. The number of hydrogen-bond acceptors (Lipinski definition) is 3. The molecule has 0 unspecified atom stereocenters. The number of unbranched alkanes of at least 4 members (excludes halogenated alkanes) is 4. The fourth-order valence-corrected chi connectivity index (χ4v) is 2.07. The van der Waals surface area contributed by atoms with Crippen LogP contribution in [0.1, 0.15) is 62.2 Å². The van der Waals surface area contributed by atoms with Crippen LogP contribution in [0, 0.1) is 0 Å². The maximum atomic E-state index is 12.0. The number of rotatable bonds is 11. The van der Waals surface area contributed by atoms with Crippen molar-refractivity contribution in [2.75, 3.05) is 6.61 Å². The molecule has 1 N–H and O–H groups in total. The van der Waals surface area contributed by atoms with E-state index in [1.165, 1.54) is 19.3 Å². The van der Waals surface area contributed by atoms with Crippen LogP contribution < -0.4 is 4.74 Å². The summed E-state index contributed by atoms with van der Waals surface area (Å²) in [4.78, 5) is 22.5. The predicted octanol–water partition coefficient (Wildman–Crippen LogP) is 4.08. The van der Waals surface area contributed by atoms with Gasteiger partial charge in [-0.2, -0.15) is 0 Å². The van der Waals surface area contributed by atoms with E-state index in [0.29, 0.717) is 17.9 Å². The van der Waals surface area contributed by atoms with Crippen LogP contribution in [0.2, 0.25) is 0 Å². The van der Waals surface area contributed by atoms with Crippen LogP contribution in [0.3, 0.4) is 0 Å². The van der Waals surface area contributed by atoms with E-state index in [4.69, 9.17) is 9.84 Å². The molecule has 116 valence electrons. The van der Waals surface area contributed by atoms with E-state index < -0.39 is 5.97 Å². The van der Waals surface area contributed by atoms with E-state index in [0.717, 1.165) is 12.8 Å². The van der Waals surface area contributed by atoms with E-state index in [-0.39, 0.29) is 18.6 Å². The fourth-order valence-electron chi connectivity index (χ4n) is 2.07. The number of hydrogen-bond donors (Lipinski definition) is 1. The van der Waals surface area contributed by atoms with E-state index in [9.17, 15) is 9.59 Å². The first-order chi connectivity index (χ1) is 10.1. The smallest absolute Gasteiger partial charge is 0.303 e. The summed E-state index contributed by atoms with van der Waals surface area (Å²) >= 11 is 0. The van der Waals surface area contributed by atoms with E-state index in [1.807, 2.05) is 6.07 Å². The highest BCUT2D eigenvalue weighted by Gasteiger charge is 2.13. The van der Waals surface area contributed by atoms with Crippen molar-refractivity contribution in [2.24, 2.45) is 0 Å². The second-order valence-electron chi connectivity index (χ2n) is 5.08. The Balaban J connectivity index is 2.47. The Morgan fingerprint density at radius 1 is 1.05 bits per heavy atom. The molecule has 0 saturated heterocycles. The van der Waals surface area contributed by atoms with Crippen LogP contribution in [0.25, 0.3) is 0 Å². The Labute approximate surface area is 126 Å². The molecule has 4 nitrogen and oxygen atoms in total. The van der Waals surface area contributed by atoms with Gasteiger partial charge in [0.2, 0.25) is 0 Å². The number of carboxylic acid groups (broad SMARTS) is 1. The minimum atomic E-state index is -0.960. The molecular weight excluding hydrogens is 268 g/mol. The van der Waals surface area contributed by atoms with Gasteiger partial charge in [-0.05, 0) is 18.6 Å². The number of carbonyl (C=O) groups is 2. The first-order valence-electron chi connectivity index (χ1n) is 7.62. The zero-order chi connectivity index (χ0) is 15.5. The molecule has 1 aromatic rings. The van der Waals surface area contributed by atoms with E-state index in [1.54, 1.807) is 18.2 Å². The molecular formula is C17H24O4. The zero-order valence-corrected chi connectivity index (χ0v) is 12.6. The molecule has 21 heavy (non-hydrogen) atoms. The maximum Gasteiger partial charge on any atom is 0.303 e. The van der Waals surface area contributed by atoms with Gasteiger partial charge in [-0.1, -0.05) is 44.7 Å². The molecule has 0 heterocycles. The van der Waals surface area contributed by atoms with Gasteiger partial charge in [0.05, 0.1) is 18.6 Å². The molecule has 0 atom stereocenters. The summed E-state index contributed by atoms with van der Waals surface area (Å²) in [7, 11) is 0. The molecule has 0 fully saturated rings. The van der Waals surface area contributed by atoms with Crippen molar-refractivity contribution >= 4 is 11.8 Å². The van der Waals surface area contributed by atoms with Crippen molar-refractivity contribution < 1.29 is 19.4 Å². The maximum absolute atomic E-state index is 12.0. The summed E-state index contributed by atoms with van der Waals surface area (Å²) in [5, 5.41) is 8.64. The number of Topliss-reactive ketones (excluding diaryl/α,β-unsaturated/α-hetero) is 1. The van der Waals surface area contributed by atoms with E-state index >= 15 is 0 Å². The molecule has 0 spiro atoms. The molecule has 0 amide bonds. The number of benzene rings is 1. The molecule has 0 radical (unpaired) electrons. The van der Waals surface area contributed by atoms with Gasteiger partial charge < -0.3 is 9.84 Å². The van der Waals surface area contributed by atoms with Crippen molar-refractivity contribution in [1.29, 1.82) is 0 Å². The van der Waals surface area contributed by atoms with Crippen LogP contribution in [0.4, 0.5) is 0 Å². The lowest BCUT2D eigenvalue weighted by atomic mass is 10.1. The van der Waals surface area contributed by atoms with Gasteiger partial charge in [-0.15, -0.1) is 0 Å². The summed E-state index contributed by atoms with van der Waals surface area (Å²) in [5.41, 5.74) is 0.479. The van der Waals surface area contributed by atoms with Crippen LogP contribution in [-0.2, 0) is 4.79 Å². The highest BCUT2D eigenvalue weighted by Crippen LogP contribution is 2.20. The topological polar surface area (TPSA) is 63.6 Å². The molecule has 1 rings (SSSR count). The molecule has 0 aliphatic heterocycles. The number of aliphatic carboxylic acids is 1. The second-order valence-corrected chi connectivity index (χ2v) is 5.08. The molecule has 0 aliphatic carbocycles. The van der Waals surface area contributed by atoms with Gasteiger partial charge >= 0.3 is 5.97 Å². The Hall–Kier alpha value is -1.84. The number of ether oxygens (including phenoxy) is 1. The monoisotopic (exact) mass is 292 g/mol. The average Bonchev–Trinajstić information content (AvgIpc) is 2.48. The van der Waals surface area contributed by atoms with Gasteiger partial charge in [0.1, 0.15) is 5.75 Å². The average molecular weight is 292 g/mol. The summed E-state index contributed by atoms with van der Waals surface area (Å²) < 4.78 is 5.68. The lowest BCUT2D eigenvalue weighted by molar-refractivity contribution is -0.136. The third-order valence-corrected chi connectivity index (χ3v) is 3.26. The largest absolute Gasteiger partial charge is 0.493 e. The third kappa shape index (κ3) is 6.93. The number of ketones is 1. The third-order valence-electron chi connectivity index (χ3n) is 3.26. The number of para-hydroxylation sites is 1. The van der Waals surface area contributed by atoms with Gasteiger partial charge in [0.25, 0.3) is 0 Å². The van der Waals surface area contributed by atoms with Gasteiger partial charge in [-0.25, -0.2) is 0 Å². The number of carbonyl (C=O) groups excluding carboxylic acids is 1. The highest BCUT2D eigenvalue weighted by molar-refractivity contribution is 5.99. The van der Waals surface area contributed by atoms with Crippen molar-refractivity contribution in [3.63, 3.8) is 0 Å². The summed E-state index contributed by atoms with van der Waals surface area (Å²) in [6.45, 7) is 2.77. The Kier molecular flexibility index (Phi) is 8.17. The van der Waals surface area contributed by atoms with Crippen LogP contribution in [0.5, 0.6) is 5.75 Å². The predicted molar refractivity (Wildman–Crippen MR) is 81.9 cm³/mol. The lowest BCUT2D eigenvalue weighted by Crippen LogP contribution is -2.07. The Morgan fingerprint density at radius 2 is 1.76 bits per heavy atom. The van der Waals surface area contributed by atoms with Crippen LogP contribution in [-0.4, -0.2) is 23.5 Å². The van der Waals surface area contributed by atoms with Crippen molar-refractivity contribution in [2.45, 2.75) is 51.9 Å². The first kappa shape index (κ1) is 17.2. The Morgan fingerprint density at radius 3 is 2.48 bits per heavy atom. The number of carboxylic acids is 1. The fraction of sp³-hybridized carbons (Fsp3) is 0.529. The highest BCUT2D eigenvalue weighted by atomic mass is 16.5. The zero-order valence-electron chi connectivity index (χ0n) is 12.6. The SMILES string of the molecule is CCCCCCCOc1ccccc1C(=O)CCC(=O)O. The minimum absolute atomic E-state index is 0.00616. The summed E-state index contributed by atoms with van der Waals surface area (Å²) in [6, 6.07) is 7.04. The first-order valence-corrected chi connectivity index (χ1v) is 7.62. The molecule has 1 aromatic carbocycles. The lowest BCUT2D eigenvalue weighted by Gasteiger charge is -2.10. The van der Waals surface area contributed by atoms with Crippen LogP contribution in [0.15, 0.2) is 24.3 Å².